The Bertz CT molecular complexity index is 1180. The second-order valence-corrected chi connectivity index (χ2v) is 9.47. The molecule has 3 aromatic rings. The van der Waals surface area contributed by atoms with E-state index < -0.39 is 17.9 Å². The van der Waals surface area contributed by atoms with Crippen molar-refractivity contribution < 1.29 is 18.8 Å². The second-order valence-electron chi connectivity index (χ2n) is 8.58. The molecule has 4 rings (SSSR count). The van der Waals surface area contributed by atoms with Crippen LogP contribution in [0.3, 0.4) is 0 Å². The van der Waals surface area contributed by atoms with Crippen LogP contribution in [0.25, 0.3) is 0 Å². The number of nitrogens with zero attached hydrogens (tertiary/aromatic N) is 2. The summed E-state index contributed by atoms with van der Waals surface area (Å²) in [4.78, 5) is 46.9. The van der Waals surface area contributed by atoms with Crippen LogP contribution in [0, 0.1) is 5.92 Å². The Morgan fingerprint density at radius 2 is 1.83 bits per heavy atom. The fourth-order valence-corrected chi connectivity index (χ4v) is 4.68. The molecule has 11 heteroatoms. The van der Waals surface area contributed by atoms with E-state index in [0.717, 1.165) is 5.56 Å². The fourth-order valence-electron chi connectivity index (χ4n) is 3.66. The van der Waals surface area contributed by atoms with Crippen LogP contribution in [0.4, 0.5) is 0 Å². The van der Waals surface area contributed by atoms with Gasteiger partial charge in [0.1, 0.15) is 23.0 Å². The molecule has 0 saturated heterocycles. The van der Waals surface area contributed by atoms with Gasteiger partial charge in [0, 0.05) is 24.9 Å². The highest BCUT2D eigenvalue weighted by Gasteiger charge is 2.26. The van der Waals surface area contributed by atoms with Gasteiger partial charge in [-0.15, -0.1) is 11.3 Å². The number of carbonyl (C=O) groups excluding carboxylic acids is 3. The van der Waals surface area contributed by atoms with Gasteiger partial charge in [-0.2, -0.15) is 0 Å². The quantitative estimate of drug-likeness (QED) is 0.435. The van der Waals surface area contributed by atoms with Gasteiger partial charge in [0.25, 0.3) is 11.8 Å². The van der Waals surface area contributed by atoms with Gasteiger partial charge in [-0.25, -0.2) is 9.97 Å². The van der Waals surface area contributed by atoms with E-state index >= 15 is 0 Å². The topological polar surface area (TPSA) is 138 Å². The first-order chi connectivity index (χ1) is 16.9. The average molecular weight is 497 g/mol. The van der Waals surface area contributed by atoms with Crippen LogP contribution in [0.1, 0.15) is 63.4 Å². The molecule has 0 aliphatic carbocycles. The zero-order chi connectivity index (χ0) is 24.8. The Balaban J connectivity index is 1.64. The molecule has 4 bridgehead atoms. The van der Waals surface area contributed by atoms with Gasteiger partial charge in [0.05, 0.1) is 12.6 Å². The van der Waals surface area contributed by atoms with Crippen LogP contribution in [0.2, 0.25) is 0 Å². The summed E-state index contributed by atoms with van der Waals surface area (Å²) in [6, 6.07) is 8.67. The lowest BCUT2D eigenvalue weighted by Crippen LogP contribution is -2.40. The van der Waals surface area contributed by atoms with Gasteiger partial charge < -0.3 is 25.7 Å². The largest absolute Gasteiger partial charge is 0.446 e. The molecule has 3 amide bonds. The molecule has 1 aliphatic heterocycles. The molecule has 0 spiro atoms. The highest BCUT2D eigenvalue weighted by molar-refractivity contribution is 7.09. The van der Waals surface area contributed by atoms with Crippen molar-refractivity contribution in [2.24, 2.45) is 5.92 Å². The van der Waals surface area contributed by atoms with Gasteiger partial charge in [-0.05, 0) is 11.5 Å². The number of amides is 3. The molecular formula is C24H28N6O4S. The van der Waals surface area contributed by atoms with Crippen LogP contribution < -0.4 is 21.3 Å². The number of hydrogen-bond acceptors (Lipinski definition) is 8. The van der Waals surface area contributed by atoms with E-state index in [1.54, 1.807) is 5.38 Å². The molecule has 0 saturated carbocycles. The smallest absolute Gasteiger partial charge is 0.273 e. The number of thiazole rings is 1. The van der Waals surface area contributed by atoms with E-state index in [9.17, 15) is 14.4 Å². The lowest BCUT2D eigenvalue weighted by Gasteiger charge is -2.20. The lowest BCUT2D eigenvalue weighted by molar-refractivity contribution is -0.121. The Labute approximate surface area is 206 Å². The van der Waals surface area contributed by atoms with E-state index in [1.807, 2.05) is 44.2 Å². The molecule has 1 aromatic carbocycles. The van der Waals surface area contributed by atoms with Crippen LogP contribution >= 0.6 is 11.3 Å². The number of rotatable bonds is 3. The zero-order valence-electron chi connectivity index (χ0n) is 19.5. The molecule has 10 nitrogen and oxygen atoms in total. The summed E-state index contributed by atoms with van der Waals surface area (Å²) in [5, 5.41) is 14.0. The summed E-state index contributed by atoms with van der Waals surface area (Å²) in [7, 11) is 0. The SMILES string of the molecule is CC(C)[C@@H]1NC(=O)CNCCNC(=O)c2coc(n2)[C@H](Cc2ccccc2)NC(=O)c2csc1n2. The average Bonchev–Trinajstić information content (AvgIpc) is 3.52. The maximum atomic E-state index is 13.1. The lowest BCUT2D eigenvalue weighted by atomic mass is 10.1. The number of nitrogens with one attached hydrogen (secondary N) is 4. The molecule has 4 N–H and O–H groups in total. The number of carbonyl (C=O) groups is 3. The van der Waals surface area contributed by atoms with E-state index in [0.29, 0.717) is 24.5 Å². The maximum absolute atomic E-state index is 13.1. The minimum absolute atomic E-state index is 0.0717. The molecule has 1 aliphatic rings. The number of oxazole rings is 1. The van der Waals surface area contributed by atoms with Crippen molar-refractivity contribution in [1.29, 1.82) is 0 Å². The molecule has 184 valence electrons. The summed E-state index contributed by atoms with van der Waals surface area (Å²) >= 11 is 1.33. The Morgan fingerprint density at radius 3 is 2.60 bits per heavy atom. The Morgan fingerprint density at radius 1 is 1.03 bits per heavy atom. The van der Waals surface area contributed by atoms with Gasteiger partial charge in [-0.1, -0.05) is 44.2 Å². The Hall–Kier alpha value is -3.57. The third-order valence-electron chi connectivity index (χ3n) is 5.52. The summed E-state index contributed by atoms with van der Waals surface area (Å²) in [5.41, 5.74) is 1.32. The number of hydrogen-bond donors (Lipinski definition) is 4. The van der Waals surface area contributed by atoms with Crippen LogP contribution in [0.15, 0.2) is 46.4 Å². The minimum Gasteiger partial charge on any atom is -0.446 e. The molecule has 0 unspecified atom stereocenters. The number of fused-ring (bicyclic) bond motifs is 4. The van der Waals surface area contributed by atoms with Crippen molar-refractivity contribution in [2.45, 2.75) is 32.4 Å². The van der Waals surface area contributed by atoms with E-state index in [1.165, 1.54) is 17.6 Å². The summed E-state index contributed by atoms with van der Waals surface area (Å²) in [5.74, 6) is -0.686. The summed E-state index contributed by atoms with van der Waals surface area (Å²) in [6.45, 7) is 4.77. The Kier molecular flexibility index (Phi) is 7.88. The van der Waals surface area contributed by atoms with Crippen molar-refractivity contribution in [3.63, 3.8) is 0 Å². The maximum Gasteiger partial charge on any atom is 0.273 e. The molecule has 3 heterocycles. The first kappa shape index (κ1) is 24.6. The van der Waals surface area contributed by atoms with E-state index in [-0.39, 0.29) is 41.7 Å². The molecule has 2 aromatic heterocycles. The van der Waals surface area contributed by atoms with Crippen molar-refractivity contribution in [1.82, 2.24) is 31.2 Å². The standard InChI is InChI=1S/C24H28N6O4S/c1-14(2)20-24-29-18(13-35-24)22(33)27-16(10-15-6-4-3-5-7-15)23-28-17(12-34-23)21(32)26-9-8-25-11-19(31)30-20/h3-7,12-14,16,20,25H,8-11H2,1-2H3,(H,26,32)(H,27,33)(H,30,31)/t16-,20-/m0/s1. The van der Waals surface area contributed by atoms with Crippen LogP contribution in [-0.2, 0) is 11.2 Å². The van der Waals surface area contributed by atoms with E-state index in [2.05, 4.69) is 31.2 Å². The second kappa shape index (κ2) is 11.2. The first-order valence-corrected chi connectivity index (χ1v) is 12.3. The van der Waals surface area contributed by atoms with Gasteiger partial charge in [0.15, 0.2) is 5.69 Å². The van der Waals surface area contributed by atoms with Gasteiger partial charge in [-0.3, -0.25) is 14.4 Å². The van der Waals surface area contributed by atoms with Gasteiger partial charge >= 0.3 is 0 Å². The van der Waals surface area contributed by atoms with E-state index in [4.69, 9.17) is 4.42 Å². The molecule has 0 radical (unpaired) electrons. The van der Waals surface area contributed by atoms with Crippen molar-refractivity contribution in [2.75, 3.05) is 19.6 Å². The first-order valence-electron chi connectivity index (χ1n) is 11.4. The fraction of sp³-hybridized carbons (Fsp3) is 0.375. The van der Waals surface area contributed by atoms with Crippen LogP contribution in [0.5, 0.6) is 0 Å². The molecular weight excluding hydrogens is 468 g/mol. The third kappa shape index (κ3) is 6.31. The molecule has 35 heavy (non-hydrogen) atoms. The summed E-state index contributed by atoms with van der Waals surface area (Å²) in [6.07, 6.45) is 1.69. The number of benzene rings is 1. The molecule has 0 fully saturated rings. The van der Waals surface area contributed by atoms with Crippen molar-refractivity contribution >= 4 is 29.1 Å². The molecule has 2 atom stereocenters. The van der Waals surface area contributed by atoms with Crippen molar-refractivity contribution in [3.05, 3.63) is 69.8 Å². The van der Waals surface area contributed by atoms with Gasteiger partial charge in [0.2, 0.25) is 11.8 Å². The normalized spacial score (nSPS) is 19.9. The highest BCUT2D eigenvalue weighted by Crippen LogP contribution is 2.26. The van der Waals surface area contributed by atoms with Crippen LogP contribution in [-0.4, -0.2) is 47.3 Å². The summed E-state index contributed by atoms with van der Waals surface area (Å²) < 4.78 is 5.61. The monoisotopic (exact) mass is 496 g/mol. The predicted octanol–water partition coefficient (Wildman–Crippen LogP) is 1.99. The third-order valence-corrected chi connectivity index (χ3v) is 6.45. The minimum atomic E-state index is -0.613. The number of aromatic nitrogens is 2. The predicted molar refractivity (Wildman–Crippen MR) is 130 cm³/mol. The van der Waals surface area contributed by atoms with Crippen molar-refractivity contribution in [3.8, 4) is 0 Å². The highest BCUT2D eigenvalue weighted by atomic mass is 32.1. The zero-order valence-corrected chi connectivity index (χ0v) is 20.4.